The molecule has 0 atom stereocenters. The number of alkyl halides is 5. The van der Waals surface area contributed by atoms with Crippen LogP contribution >= 0.6 is 0 Å². The molecule has 0 aromatic carbocycles. The fraction of sp³-hybridized carbons (Fsp3) is 0.615. The molecule has 0 N–H and O–H groups in total. The van der Waals surface area contributed by atoms with Crippen molar-refractivity contribution in [2.45, 2.75) is 36.9 Å². The molecule has 1 saturated heterocycles. The molecule has 0 saturated carbocycles. The molecule has 0 radical (unpaired) electrons. The van der Waals surface area contributed by atoms with Crippen molar-refractivity contribution in [3.05, 3.63) is 23.9 Å². The molecular formula is C13H15F5N2O2S. The third-order valence-electron chi connectivity index (χ3n) is 3.75. The SMILES string of the molecule is O=S(=O)(c1ccc(C(F)(F)F)cn1)N1CCC(CC(F)F)CC1. The molecule has 0 amide bonds. The number of piperidine rings is 1. The largest absolute Gasteiger partial charge is 0.417 e. The molecule has 1 aromatic rings. The van der Waals surface area contributed by atoms with Gasteiger partial charge in [-0.15, -0.1) is 0 Å². The van der Waals surface area contributed by atoms with Gasteiger partial charge in [0.15, 0.2) is 5.03 Å². The van der Waals surface area contributed by atoms with E-state index in [0.717, 1.165) is 10.4 Å². The average Bonchev–Trinajstić information content (AvgIpc) is 2.46. The Balaban J connectivity index is 2.08. The number of rotatable bonds is 4. The number of pyridine rings is 1. The van der Waals surface area contributed by atoms with E-state index < -0.39 is 33.2 Å². The Hall–Kier alpha value is -1.29. The summed E-state index contributed by atoms with van der Waals surface area (Å²) in [7, 11) is -4.01. The molecule has 0 unspecified atom stereocenters. The number of hydrogen-bond donors (Lipinski definition) is 0. The summed E-state index contributed by atoms with van der Waals surface area (Å²) in [6.45, 7) is 0.116. The molecular weight excluding hydrogens is 343 g/mol. The van der Waals surface area contributed by atoms with E-state index in [0.29, 0.717) is 25.1 Å². The minimum Gasteiger partial charge on any atom is -0.243 e. The van der Waals surface area contributed by atoms with Crippen LogP contribution in [-0.4, -0.2) is 37.2 Å². The van der Waals surface area contributed by atoms with E-state index in [1.54, 1.807) is 0 Å². The normalized spacial score (nSPS) is 18.5. The van der Waals surface area contributed by atoms with E-state index in [2.05, 4.69) is 4.98 Å². The summed E-state index contributed by atoms with van der Waals surface area (Å²) in [5.74, 6) is -0.248. The van der Waals surface area contributed by atoms with Gasteiger partial charge >= 0.3 is 6.18 Å². The van der Waals surface area contributed by atoms with Crippen LogP contribution in [0.15, 0.2) is 23.4 Å². The minimum absolute atomic E-state index is 0.0580. The van der Waals surface area contributed by atoms with Crippen molar-refractivity contribution in [3.63, 3.8) is 0 Å². The van der Waals surface area contributed by atoms with Gasteiger partial charge in [-0.3, -0.25) is 0 Å². The van der Waals surface area contributed by atoms with Crippen LogP contribution in [0.2, 0.25) is 0 Å². The lowest BCUT2D eigenvalue weighted by Crippen LogP contribution is -2.39. The second-order valence-electron chi connectivity index (χ2n) is 5.36. The van der Waals surface area contributed by atoms with Crippen LogP contribution in [0.4, 0.5) is 22.0 Å². The quantitative estimate of drug-likeness (QED) is 0.777. The van der Waals surface area contributed by atoms with E-state index >= 15 is 0 Å². The van der Waals surface area contributed by atoms with Gasteiger partial charge in [0.1, 0.15) is 0 Å². The van der Waals surface area contributed by atoms with Crippen molar-refractivity contribution in [1.29, 1.82) is 0 Å². The van der Waals surface area contributed by atoms with Crippen LogP contribution in [0.3, 0.4) is 0 Å². The summed E-state index contributed by atoms with van der Waals surface area (Å²) >= 11 is 0. The third kappa shape index (κ3) is 4.37. The predicted octanol–water partition coefficient (Wildman–Crippen LogP) is 3.16. The predicted molar refractivity (Wildman–Crippen MR) is 71.3 cm³/mol. The summed E-state index contributed by atoms with van der Waals surface area (Å²) in [4.78, 5) is 3.39. The van der Waals surface area contributed by atoms with Gasteiger partial charge in [-0.1, -0.05) is 0 Å². The van der Waals surface area contributed by atoms with Crippen LogP contribution in [0.1, 0.15) is 24.8 Å². The Morgan fingerprint density at radius 1 is 1.22 bits per heavy atom. The molecule has 1 aromatic heterocycles. The van der Waals surface area contributed by atoms with Gasteiger partial charge < -0.3 is 0 Å². The molecule has 1 fully saturated rings. The first-order valence-corrected chi connectivity index (χ1v) is 8.36. The Morgan fingerprint density at radius 2 is 1.83 bits per heavy atom. The number of hydrogen-bond acceptors (Lipinski definition) is 3. The van der Waals surface area contributed by atoms with Gasteiger partial charge in [-0.05, 0) is 30.9 Å². The highest BCUT2D eigenvalue weighted by Gasteiger charge is 2.34. The van der Waals surface area contributed by atoms with Crippen LogP contribution in [0.5, 0.6) is 0 Å². The van der Waals surface area contributed by atoms with Gasteiger partial charge in [0.25, 0.3) is 10.0 Å². The molecule has 23 heavy (non-hydrogen) atoms. The van der Waals surface area contributed by atoms with Gasteiger partial charge in [-0.25, -0.2) is 22.2 Å². The molecule has 2 rings (SSSR count). The maximum atomic E-state index is 12.5. The molecule has 0 aliphatic carbocycles. The maximum Gasteiger partial charge on any atom is 0.417 e. The Bertz CT molecular complexity index is 623. The molecule has 130 valence electrons. The number of aromatic nitrogens is 1. The van der Waals surface area contributed by atoms with Gasteiger partial charge in [0.05, 0.1) is 5.56 Å². The zero-order valence-electron chi connectivity index (χ0n) is 11.9. The third-order valence-corrected chi connectivity index (χ3v) is 5.57. The number of halogens is 5. The monoisotopic (exact) mass is 358 g/mol. The lowest BCUT2D eigenvalue weighted by molar-refractivity contribution is -0.137. The maximum absolute atomic E-state index is 12.5. The van der Waals surface area contributed by atoms with Crippen LogP contribution in [-0.2, 0) is 16.2 Å². The van der Waals surface area contributed by atoms with Crippen molar-refractivity contribution in [2.75, 3.05) is 13.1 Å². The van der Waals surface area contributed by atoms with Crippen molar-refractivity contribution in [3.8, 4) is 0 Å². The Kier molecular flexibility index (Phi) is 5.24. The molecule has 0 spiro atoms. The van der Waals surface area contributed by atoms with Crippen LogP contribution in [0.25, 0.3) is 0 Å². The number of nitrogens with zero attached hydrogens (tertiary/aromatic N) is 2. The molecule has 10 heteroatoms. The van der Waals surface area contributed by atoms with E-state index in [4.69, 9.17) is 0 Å². The first-order chi connectivity index (χ1) is 10.6. The summed E-state index contributed by atoms with van der Waals surface area (Å²) in [6, 6.07) is 1.47. The molecule has 1 aliphatic rings. The van der Waals surface area contributed by atoms with E-state index in [9.17, 15) is 30.4 Å². The number of sulfonamides is 1. The average molecular weight is 358 g/mol. The first kappa shape index (κ1) is 18.1. The highest BCUT2D eigenvalue weighted by molar-refractivity contribution is 7.89. The zero-order valence-corrected chi connectivity index (χ0v) is 12.7. The zero-order chi connectivity index (χ0) is 17.3. The summed E-state index contributed by atoms with van der Waals surface area (Å²) in [5.41, 5.74) is -1.04. The lowest BCUT2D eigenvalue weighted by Gasteiger charge is -2.30. The highest BCUT2D eigenvalue weighted by Crippen LogP contribution is 2.30. The Morgan fingerprint density at radius 3 is 2.26 bits per heavy atom. The highest BCUT2D eigenvalue weighted by atomic mass is 32.2. The van der Waals surface area contributed by atoms with E-state index in [1.165, 1.54) is 0 Å². The smallest absolute Gasteiger partial charge is 0.243 e. The summed E-state index contributed by atoms with van der Waals surface area (Å²) in [5, 5.41) is -0.474. The van der Waals surface area contributed by atoms with Crippen molar-refractivity contribution < 1.29 is 30.4 Å². The minimum atomic E-state index is -4.59. The summed E-state index contributed by atoms with van der Waals surface area (Å²) < 4.78 is 87.7. The van der Waals surface area contributed by atoms with E-state index in [-0.39, 0.29) is 25.4 Å². The fourth-order valence-electron chi connectivity index (χ4n) is 2.47. The second-order valence-corrected chi connectivity index (χ2v) is 7.24. The topological polar surface area (TPSA) is 50.3 Å². The van der Waals surface area contributed by atoms with E-state index in [1.807, 2.05) is 0 Å². The molecule has 2 heterocycles. The van der Waals surface area contributed by atoms with Crippen molar-refractivity contribution in [1.82, 2.24) is 9.29 Å². The summed E-state index contributed by atoms with van der Waals surface area (Å²) in [6.07, 6.45) is -6.24. The van der Waals surface area contributed by atoms with Crippen molar-refractivity contribution >= 4 is 10.0 Å². The lowest BCUT2D eigenvalue weighted by atomic mass is 9.95. The van der Waals surface area contributed by atoms with Crippen LogP contribution < -0.4 is 0 Å². The first-order valence-electron chi connectivity index (χ1n) is 6.92. The Labute approximate surface area is 130 Å². The molecule has 0 bridgehead atoms. The van der Waals surface area contributed by atoms with Crippen LogP contribution in [0, 0.1) is 5.92 Å². The molecule has 1 aliphatic heterocycles. The van der Waals surface area contributed by atoms with Gasteiger partial charge in [0, 0.05) is 25.7 Å². The van der Waals surface area contributed by atoms with Crippen molar-refractivity contribution in [2.24, 2.45) is 5.92 Å². The molecule has 4 nitrogen and oxygen atoms in total. The van der Waals surface area contributed by atoms with Gasteiger partial charge in [0.2, 0.25) is 6.43 Å². The fourth-order valence-corrected chi connectivity index (χ4v) is 3.85. The van der Waals surface area contributed by atoms with Gasteiger partial charge in [-0.2, -0.15) is 17.5 Å². The second kappa shape index (κ2) is 6.68. The standard InChI is InChI=1S/C13H15F5N2O2S/c14-11(15)7-9-3-5-20(6-4-9)23(21,22)12-2-1-10(8-19-12)13(16,17)18/h1-2,8-9,11H,3-7H2.